The number of allylic oxidation sites excluding steroid dienone is 1. The predicted octanol–water partition coefficient (Wildman–Crippen LogP) is 4.81. The van der Waals surface area contributed by atoms with Crippen LogP contribution in [-0.4, -0.2) is 29.4 Å². The molecule has 6 rings (SSSR count). The van der Waals surface area contributed by atoms with Gasteiger partial charge in [-0.3, -0.25) is 9.36 Å². The van der Waals surface area contributed by atoms with Crippen LogP contribution in [0.15, 0.2) is 76.0 Å². The summed E-state index contributed by atoms with van der Waals surface area (Å²) in [4.78, 5) is 31.7. The zero-order valence-corrected chi connectivity index (χ0v) is 24.8. The summed E-state index contributed by atoms with van der Waals surface area (Å²) in [6, 6.07) is 18.7. The summed E-state index contributed by atoms with van der Waals surface area (Å²) < 4.78 is 13.4. The molecule has 0 fully saturated rings. The highest BCUT2D eigenvalue weighted by molar-refractivity contribution is 14.1. The molecule has 4 aromatic rings. The number of aryl methyl sites for hydroxylation is 1. The Morgan fingerprint density at radius 2 is 1.95 bits per heavy atom. The van der Waals surface area contributed by atoms with Gasteiger partial charge in [0, 0.05) is 5.56 Å². The molecule has 0 saturated heterocycles. The largest absolute Gasteiger partial charge is 0.504 e. The van der Waals surface area contributed by atoms with E-state index in [-0.39, 0.29) is 17.4 Å². The Morgan fingerprint density at radius 3 is 2.70 bits per heavy atom. The average molecular weight is 665 g/mol. The number of esters is 1. The first-order valence-electron chi connectivity index (χ1n) is 12.9. The van der Waals surface area contributed by atoms with Gasteiger partial charge >= 0.3 is 5.97 Å². The first kappa shape index (κ1) is 26.5. The molecule has 40 heavy (non-hydrogen) atoms. The van der Waals surface area contributed by atoms with Gasteiger partial charge in [-0.05, 0) is 95.0 Å². The van der Waals surface area contributed by atoms with Gasteiger partial charge in [0.2, 0.25) is 0 Å². The van der Waals surface area contributed by atoms with Gasteiger partial charge in [-0.15, -0.1) is 0 Å². The van der Waals surface area contributed by atoms with Crippen LogP contribution in [0.2, 0.25) is 0 Å². The predicted molar refractivity (Wildman–Crippen MR) is 163 cm³/mol. The van der Waals surface area contributed by atoms with Crippen molar-refractivity contribution < 1.29 is 19.4 Å². The lowest BCUT2D eigenvalue weighted by molar-refractivity contribution is 0.0600. The van der Waals surface area contributed by atoms with E-state index in [4.69, 9.17) is 14.5 Å². The Balaban J connectivity index is 1.56. The second-order valence-electron chi connectivity index (χ2n) is 9.51. The van der Waals surface area contributed by atoms with Crippen molar-refractivity contribution >= 4 is 51.7 Å². The van der Waals surface area contributed by atoms with Gasteiger partial charge in [0.25, 0.3) is 5.56 Å². The van der Waals surface area contributed by atoms with E-state index in [0.717, 1.165) is 40.8 Å². The van der Waals surface area contributed by atoms with Gasteiger partial charge < -0.3 is 14.6 Å². The summed E-state index contributed by atoms with van der Waals surface area (Å²) in [5, 5.41) is 10.4. The zero-order valence-electron chi connectivity index (χ0n) is 21.8. The number of thiazole rings is 1. The van der Waals surface area contributed by atoms with Crippen molar-refractivity contribution in [1.82, 2.24) is 4.57 Å². The maximum Gasteiger partial charge on any atom is 0.337 e. The highest BCUT2D eigenvalue weighted by Gasteiger charge is 2.32. The molecule has 1 N–H and O–H groups in total. The average Bonchev–Trinajstić information content (AvgIpc) is 3.28. The van der Waals surface area contributed by atoms with Gasteiger partial charge in [-0.2, -0.15) is 0 Å². The molecule has 202 valence electrons. The molecular formula is C31H25IN2O5S. The first-order chi connectivity index (χ1) is 19.4. The van der Waals surface area contributed by atoms with Crippen molar-refractivity contribution in [2.45, 2.75) is 25.8 Å². The Bertz CT molecular complexity index is 1870. The van der Waals surface area contributed by atoms with Crippen LogP contribution >= 0.6 is 33.9 Å². The van der Waals surface area contributed by atoms with E-state index < -0.39 is 5.97 Å². The third kappa shape index (κ3) is 4.56. The van der Waals surface area contributed by atoms with E-state index in [1.54, 1.807) is 22.8 Å². The number of phenolic OH excluding ortho intramolecular Hbond substituents is 1. The molecule has 1 aromatic heterocycles. The Hall–Kier alpha value is -3.70. The van der Waals surface area contributed by atoms with Crippen LogP contribution in [0.5, 0.6) is 11.5 Å². The van der Waals surface area contributed by atoms with Crippen molar-refractivity contribution in [3.05, 3.63) is 117 Å². The van der Waals surface area contributed by atoms with Crippen molar-refractivity contribution in [2.24, 2.45) is 4.99 Å². The number of carbonyl (C=O) groups is 1. The molecule has 1 aliphatic heterocycles. The molecule has 7 nitrogen and oxygen atoms in total. The molecule has 9 heteroatoms. The number of aromatic nitrogens is 1. The van der Waals surface area contributed by atoms with Gasteiger partial charge in [0.15, 0.2) is 16.3 Å². The maximum atomic E-state index is 14.0. The standard InChI is InChI=1S/C31H25IN2O5S/c1-3-39-24-15-17(14-23(32)28(24)35)16-25-29(36)34-27(19-8-10-20(11-9-19)30(37)38-2)22-13-12-18-6-4-5-7-21(18)26(22)33-31(34)40-25/h4-11,14-16,27,35H,3,12-13H2,1-2H3/b25-16+. The summed E-state index contributed by atoms with van der Waals surface area (Å²) in [5.41, 5.74) is 6.30. The molecule has 1 aliphatic carbocycles. The Morgan fingerprint density at radius 1 is 1.18 bits per heavy atom. The lowest BCUT2D eigenvalue weighted by atomic mass is 9.83. The lowest BCUT2D eigenvalue weighted by Gasteiger charge is -2.30. The molecule has 1 atom stereocenters. The molecule has 2 heterocycles. The topological polar surface area (TPSA) is 90.1 Å². The number of hydrogen-bond acceptors (Lipinski definition) is 7. The molecule has 0 radical (unpaired) electrons. The van der Waals surface area contributed by atoms with E-state index in [0.29, 0.717) is 30.8 Å². The Kier molecular flexibility index (Phi) is 7.09. The molecule has 0 bridgehead atoms. The molecule has 0 saturated carbocycles. The second-order valence-corrected chi connectivity index (χ2v) is 11.7. The van der Waals surface area contributed by atoms with Crippen LogP contribution in [0, 0.1) is 3.57 Å². The van der Waals surface area contributed by atoms with Crippen molar-refractivity contribution in [1.29, 1.82) is 0 Å². The van der Waals surface area contributed by atoms with Crippen LogP contribution in [0.1, 0.15) is 52.0 Å². The summed E-state index contributed by atoms with van der Waals surface area (Å²) >= 11 is 3.40. The minimum atomic E-state index is -0.406. The van der Waals surface area contributed by atoms with Crippen LogP contribution in [0.4, 0.5) is 0 Å². The maximum absolute atomic E-state index is 14.0. The Labute approximate surface area is 247 Å². The number of nitrogens with zero attached hydrogens (tertiary/aromatic N) is 2. The highest BCUT2D eigenvalue weighted by atomic mass is 127. The molecular weight excluding hydrogens is 639 g/mol. The van der Waals surface area contributed by atoms with Gasteiger partial charge in [-0.1, -0.05) is 47.7 Å². The number of fused-ring (bicyclic) bond motifs is 3. The molecule has 0 spiro atoms. The second kappa shape index (κ2) is 10.7. The fourth-order valence-electron chi connectivity index (χ4n) is 5.34. The van der Waals surface area contributed by atoms with E-state index in [1.165, 1.54) is 24.0 Å². The normalized spacial score (nSPS) is 16.1. The van der Waals surface area contributed by atoms with Gasteiger partial charge in [-0.25, -0.2) is 9.79 Å². The van der Waals surface area contributed by atoms with E-state index in [2.05, 4.69) is 34.7 Å². The third-order valence-electron chi connectivity index (χ3n) is 7.17. The summed E-state index contributed by atoms with van der Waals surface area (Å²) in [7, 11) is 1.36. The number of hydrogen-bond donors (Lipinski definition) is 1. The number of phenols is 1. The monoisotopic (exact) mass is 664 g/mol. The number of carbonyl (C=O) groups excluding carboxylic acids is 1. The summed E-state index contributed by atoms with van der Waals surface area (Å²) in [5.74, 6) is 0.0591. The number of aromatic hydroxyl groups is 1. The molecule has 1 unspecified atom stereocenters. The first-order valence-corrected chi connectivity index (χ1v) is 14.8. The fraction of sp³-hybridized carbons (Fsp3) is 0.194. The van der Waals surface area contributed by atoms with E-state index in [9.17, 15) is 14.7 Å². The summed E-state index contributed by atoms with van der Waals surface area (Å²) in [6.45, 7) is 2.27. The van der Waals surface area contributed by atoms with E-state index in [1.807, 2.05) is 43.3 Å². The number of ether oxygens (including phenoxy) is 2. The van der Waals surface area contributed by atoms with Crippen LogP contribution in [0.3, 0.4) is 0 Å². The van der Waals surface area contributed by atoms with Crippen LogP contribution in [-0.2, 0) is 11.2 Å². The number of benzene rings is 3. The van der Waals surface area contributed by atoms with Crippen molar-refractivity contribution in [2.75, 3.05) is 13.7 Å². The number of halogens is 1. The lowest BCUT2D eigenvalue weighted by Crippen LogP contribution is -2.38. The number of methoxy groups -OCH3 is 1. The molecule has 0 amide bonds. The zero-order chi connectivity index (χ0) is 28.0. The minimum absolute atomic E-state index is 0.0859. The number of rotatable bonds is 5. The van der Waals surface area contributed by atoms with Crippen LogP contribution < -0.4 is 19.6 Å². The third-order valence-corrected chi connectivity index (χ3v) is 8.97. The van der Waals surface area contributed by atoms with Crippen molar-refractivity contribution in [3.8, 4) is 11.5 Å². The SMILES string of the molecule is CCOc1cc(/C=c2/sc3n(c2=O)C(c2ccc(C(=O)OC)cc2)C2=C(N=3)c3ccccc3CC2)cc(I)c1O. The van der Waals surface area contributed by atoms with Gasteiger partial charge in [0.1, 0.15) is 0 Å². The quantitative estimate of drug-likeness (QED) is 0.245. The highest BCUT2D eigenvalue weighted by Crippen LogP contribution is 2.41. The summed E-state index contributed by atoms with van der Waals surface area (Å²) in [6.07, 6.45) is 3.46. The minimum Gasteiger partial charge on any atom is -0.504 e. The molecule has 3 aromatic carbocycles. The van der Waals surface area contributed by atoms with E-state index >= 15 is 0 Å². The smallest absolute Gasteiger partial charge is 0.337 e. The molecule has 2 aliphatic rings. The fourth-order valence-corrected chi connectivity index (χ4v) is 6.96. The van der Waals surface area contributed by atoms with Crippen molar-refractivity contribution in [3.63, 3.8) is 0 Å². The van der Waals surface area contributed by atoms with Gasteiger partial charge in [0.05, 0.1) is 39.1 Å². The van der Waals surface area contributed by atoms with Crippen LogP contribution in [0.25, 0.3) is 11.8 Å².